The molecule has 0 saturated carbocycles. The summed E-state index contributed by atoms with van der Waals surface area (Å²) in [6, 6.07) is 0.270. The Morgan fingerprint density at radius 3 is 2.35 bits per heavy atom. The van der Waals surface area contributed by atoms with Gasteiger partial charge in [0.15, 0.2) is 0 Å². The van der Waals surface area contributed by atoms with Crippen LogP contribution in [0.15, 0.2) is 0 Å². The highest BCUT2D eigenvalue weighted by atomic mass is 19.3. The molecule has 0 spiro atoms. The van der Waals surface area contributed by atoms with Crippen molar-refractivity contribution >= 4 is 0 Å². The van der Waals surface area contributed by atoms with Crippen molar-refractivity contribution in [2.24, 2.45) is 5.92 Å². The van der Waals surface area contributed by atoms with Gasteiger partial charge in [-0.05, 0) is 31.8 Å². The predicted molar refractivity (Wildman–Crippen MR) is 64.3 cm³/mol. The van der Waals surface area contributed by atoms with Crippen molar-refractivity contribution in [2.45, 2.75) is 45.3 Å². The zero-order valence-electron chi connectivity index (χ0n) is 10.7. The molecule has 1 aliphatic rings. The first kappa shape index (κ1) is 14.8. The predicted octanol–water partition coefficient (Wildman–Crippen LogP) is 1.32. The van der Waals surface area contributed by atoms with Crippen LogP contribution in [-0.4, -0.2) is 54.8 Å². The van der Waals surface area contributed by atoms with Crippen molar-refractivity contribution in [2.75, 3.05) is 26.2 Å². The van der Waals surface area contributed by atoms with E-state index in [1.165, 1.54) is 0 Å². The fraction of sp³-hybridized carbons (Fsp3) is 1.00. The molecule has 1 fully saturated rings. The Hall–Kier alpha value is -0.260. The van der Waals surface area contributed by atoms with Gasteiger partial charge in [0, 0.05) is 19.1 Å². The topological polar surface area (TPSA) is 35.5 Å². The molecule has 0 aliphatic carbocycles. The number of rotatable bonds is 6. The third-order valence-electron chi connectivity index (χ3n) is 3.12. The molecule has 0 aromatic heterocycles. The largest absolute Gasteiger partial charge is 0.386 e. The lowest BCUT2D eigenvalue weighted by molar-refractivity contribution is -0.00576. The normalized spacial score (nSPS) is 21.4. The number of alkyl halides is 2. The maximum Gasteiger partial charge on any atom is 0.265 e. The quantitative estimate of drug-likeness (QED) is 0.746. The fourth-order valence-corrected chi connectivity index (χ4v) is 2.21. The number of halogens is 2. The Morgan fingerprint density at radius 2 is 1.88 bits per heavy atom. The summed E-state index contributed by atoms with van der Waals surface area (Å²) in [6.07, 6.45) is -2.24. The highest BCUT2D eigenvalue weighted by molar-refractivity contribution is 4.78. The van der Waals surface area contributed by atoms with Crippen LogP contribution in [0.2, 0.25) is 0 Å². The third kappa shape index (κ3) is 5.75. The molecule has 1 aliphatic heterocycles. The molecule has 2 N–H and O–H groups in total. The number of likely N-dealkylation sites (tertiary alicyclic amines) is 1. The Morgan fingerprint density at radius 1 is 1.29 bits per heavy atom. The average molecular weight is 250 g/mol. The van der Waals surface area contributed by atoms with Gasteiger partial charge in [-0.2, -0.15) is 0 Å². The van der Waals surface area contributed by atoms with Crippen LogP contribution in [0.3, 0.4) is 0 Å². The van der Waals surface area contributed by atoms with Gasteiger partial charge in [0.25, 0.3) is 6.43 Å². The van der Waals surface area contributed by atoms with E-state index in [1.807, 2.05) is 0 Å². The summed E-state index contributed by atoms with van der Waals surface area (Å²) in [4.78, 5) is 2.41. The van der Waals surface area contributed by atoms with Gasteiger partial charge in [-0.3, -0.25) is 0 Å². The molecule has 0 aromatic rings. The number of aliphatic hydroxyl groups excluding tert-OH is 1. The minimum Gasteiger partial charge on any atom is -0.386 e. The summed E-state index contributed by atoms with van der Waals surface area (Å²) in [5.74, 6) is 0.667. The number of aliphatic hydroxyl groups is 1. The maximum absolute atomic E-state index is 12.1. The molecule has 1 rings (SSSR count). The van der Waals surface area contributed by atoms with Gasteiger partial charge in [0.05, 0.1) is 0 Å². The van der Waals surface area contributed by atoms with E-state index >= 15 is 0 Å². The van der Waals surface area contributed by atoms with E-state index in [1.54, 1.807) is 0 Å². The van der Waals surface area contributed by atoms with Crippen LogP contribution in [-0.2, 0) is 0 Å². The summed E-state index contributed by atoms with van der Waals surface area (Å²) in [7, 11) is 0. The second-order valence-corrected chi connectivity index (χ2v) is 5.28. The summed E-state index contributed by atoms with van der Waals surface area (Å²) in [5.41, 5.74) is 0. The smallest absolute Gasteiger partial charge is 0.265 e. The molecular formula is C12H24F2N2O. The molecule has 102 valence electrons. The zero-order chi connectivity index (χ0) is 12.8. The van der Waals surface area contributed by atoms with E-state index in [-0.39, 0.29) is 12.6 Å². The highest BCUT2D eigenvalue weighted by Crippen LogP contribution is 2.12. The van der Waals surface area contributed by atoms with Crippen molar-refractivity contribution in [1.29, 1.82) is 0 Å². The van der Waals surface area contributed by atoms with Crippen molar-refractivity contribution in [3.8, 4) is 0 Å². The first-order valence-electron chi connectivity index (χ1n) is 6.41. The van der Waals surface area contributed by atoms with Crippen molar-refractivity contribution in [1.82, 2.24) is 10.2 Å². The van der Waals surface area contributed by atoms with Crippen LogP contribution in [0.5, 0.6) is 0 Å². The molecule has 17 heavy (non-hydrogen) atoms. The SMILES string of the molecule is CC(C)CN1CCC(NCC(O)C(F)F)CC1. The number of hydrogen-bond acceptors (Lipinski definition) is 3. The van der Waals surface area contributed by atoms with Crippen LogP contribution >= 0.6 is 0 Å². The average Bonchev–Trinajstić information content (AvgIpc) is 2.26. The van der Waals surface area contributed by atoms with Crippen LogP contribution in [0.4, 0.5) is 8.78 Å². The molecule has 1 saturated heterocycles. The monoisotopic (exact) mass is 250 g/mol. The molecule has 0 bridgehead atoms. The Bertz CT molecular complexity index is 207. The van der Waals surface area contributed by atoms with Crippen LogP contribution in [0.25, 0.3) is 0 Å². The Labute approximate surface area is 102 Å². The minimum atomic E-state index is -2.65. The number of nitrogens with one attached hydrogen (secondary N) is 1. The van der Waals surface area contributed by atoms with Gasteiger partial charge >= 0.3 is 0 Å². The zero-order valence-corrected chi connectivity index (χ0v) is 10.7. The summed E-state index contributed by atoms with van der Waals surface area (Å²) < 4.78 is 24.2. The Balaban J connectivity index is 2.15. The highest BCUT2D eigenvalue weighted by Gasteiger charge is 2.22. The third-order valence-corrected chi connectivity index (χ3v) is 3.12. The van der Waals surface area contributed by atoms with E-state index in [0.717, 1.165) is 32.5 Å². The minimum absolute atomic E-state index is 0.00743. The van der Waals surface area contributed by atoms with E-state index < -0.39 is 12.5 Å². The van der Waals surface area contributed by atoms with Crippen LogP contribution in [0.1, 0.15) is 26.7 Å². The number of nitrogens with zero attached hydrogens (tertiary/aromatic N) is 1. The van der Waals surface area contributed by atoms with Crippen LogP contribution in [0, 0.1) is 5.92 Å². The Kier molecular flexibility index (Phi) is 6.30. The fourth-order valence-electron chi connectivity index (χ4n) is 2.21. The maximum atomic E-state index is 12.1. The second-order valence-electron chi connectivity index (χ2n) is 5.28. The van der Waals surface area contributed by atoms with E-state index in [2.05, 4.69) is 24.1 Å². The lowest BCUT2D eigenvalue weighted by Gasteiger charge is -2.33. The molecule has 1 unspecified atom stereocenters. The number of piperidine rings is 1. The molecule has 1 atom stereocenters. The van der Waals surface area contributed by atoms with E-state index in [4.69, 9.17) is 5.11 Å². The van der Waals surface area contributed by atoms with Crippen LogP contribution < -0.4 is 5.32 Å². The van der Waals surface area contributed by atoms with Gasteiger partial charge in [0.2, 0.25) is 0 Å². The molecule has 3 nitrogen and oxygen atoms in total. The molecule has 1 heterocycles. The number of hydrogen-bond donors (Lipinski definition) is 2. The summed E-state index contributed by atoms with van der Waals surface area (Å²) in [6.45, 7) is 7.52. The molecule has 0 radical (unpaired) electrons. The lowest BCUT2D eigenvalue weighted by Crippen LogP contribution is -2.46. The van der Waals surface area contributed by atoms with Gasteiger partial charge in [-0.1, -0.05) is 13.8 Å². The van der Waals surface area contributed by atoms with E-state index in [9.17, 15) is 8.78 Å². The molecule has 5 heteroatoms. The summed E-state index contributed by atoms with van der Waals surface area (Å²) >= 11 is 0. The van der Waals surface area contributed by atoms with Gasteiger partial charge in [-0.15, -0.1) is 0 Å². The van der Waals surface area contributed by atoms with Gasteiger partial charge in [0.1, 0.15) is 6.10 Å². The van der Waals surface area contributed by atoms with Crippen molar-refractivity contribution in [3.05, 3.63) is 0 Å². The standard InChI is InChI=1S/C12H24F2N2O/c1-9(2)8-16-5-3-10(4-6-16)15-7-11(17)12(13)14/h9-12,15,17H,3-8H2,1-2H3. The van der Waals surface area contributed by atoms with Gasteiger partial charge in [-0.25, -0.2) is 8.78 Å². The van der Waals surface area contributed by atoms with Crippen molar-refractivity contribution < 1.29 is 13.9 Å². The molecular weight excluding hydrogens is 226 g/mol. The first-order valence-corrected chi connectivity index (χ1v) is 6.41. The van der Waals surface area contributed by atoms with Crippen molar-refractivity contribution in [3.63, 3.8) is 0 Å². The molecule has 0 amide bonds. The lowest BCUT2D eigenvalue weighted by atomic mass is 10.0. The summed E-state index contributed by atoms with van der Waals surface area (Å²) in [5, 5.41) is 12.0. The first-order chi connectivity index (χ1) is 7.99. The second kappa shape index (κ2) is 7.24. The van der Waals surface area contributed by atoms with Gasteiger partial charge < -0.3 is 15.3 Å². The molecule has 0 aromatic carbocycles. The van der Waals surface area contributed by atoms with E-state index in [0.29, 0.717) is 5.92 Å².